The number of halogens is 4. The summed E-state index contributed by atoms with van der Waals surface area (Å²) in [4.78, 5) is 15.4. The molecule has 148 valence electrons. The molecule has 3 rings (SSSR count). The molecule has 0 saturated heterocycles. The predicted molar refractivity (Wildman–Crippen MR) is 106 cm³/mol. The van der Waals surface area contributed by atoms with Crippen LogP contribution in [0.3, 0.4) is 0 Å². The average Bonchev–Trinajstić information content (AvgIpc) is 2.67. The molecular weight excluding hydrogens is 389 g/mol. The summed E-state index contributed by atoms with van der Waals surface area (Å²) in [5.41, 5.74) is 0. The standard InChI is InChI=1S/C20H19NOS.BF4/c1-17(22)21-23(18-11-5-2-6-12-18,19-13-7-3-8-14-19)20-15-9-4-10-16-20;2-1(3,4)5/h2-16H,1H3,(H,21,22);/q;-1. The Hall–Kier alpha value is -2.74. The third-order valence-corrected chi connectivity index (χ3v) is 7.12. The lowest BCUT2D eigenvalue weighted by Crippen LogP contribution is -2.26. The maximum Gasteiger partial charge on any atom is 0.673 e. The molecule has 0 aliphatic carbocycles. The predicted octanol–water partition coefficient (Wildman–Crippen LogP) is 6.32. The monoisotopic (exact) mass is 408 g/mol. The van der Waals surface area contributed by atoms with Crippen molar-refractivity contribution in [2.75, 3.05) is 0 Å². The first kappa shape index (κ1) is 21.6. The molecule has 0 aliphatic rings. The lowest BCUT2D eigenvalue weighted by atomic mass is 10.3. The molecule has 3 aromatic rings. The Morgan fingerprint density at radius 2 is 0.929 bits per heavy atom. The zero-order valence-corrected chi connectivity index (χ0v) is 15.9. The van der Waals surface area contributed by atoms with E-state index in [2.05, 4.69) is 41.1 Å². The molecule has 0 unspecified atom stereocenters. The van der Waals surface area contributed by atoms with Crippen LogP contribution in [0.5, 0.6) is 0 Å². The largest absolute Gasteiger partial charge is 0.673 e. The van der Waals surface area contributed by atoms with Crippen molar-refractivity contribution in [3.8, 4) is 0 Å². The average molecular weight is 408 g/mol. The Kier molecular flexibility index (Phi) is 7.28. The summed E-state index contributed by atoms with van der Waals surface area (Å²) in [5.74, 6) is -0.0310. The van der Waals surface area contributed by atoms with Crippen LogP contribution in [0.4, 0.5) is 17.3 Å². The van der Waals surface area contributed by atoms with Crippen LogP contribution in [0, 0.1) is 0 Å². The smallest absolute Gasteiger partial charge is 0.418 e. The van der Waals surface area contributed by atoms with E-state index in [-0.39, 0.29) is 5.91 Å². The van der Waals surface area contributed by atoms with Crippen molar-refractivity contribution >= 4 is 23.4 Å². The second-order valence-electron chi connectivity index (χ2n) is 5.70. The minimum atomic E-state index is -6.00. The van der Waals surface area contributed by atoms with Gasteiger partial charge < -0.3 is 22.0 Å². The molecule has 0 fully saturated rings. The lowest BCUT2D eigenvalue weighted by Gasteiger charge is -2.41. The molecule has 0 heterocycles. The number of nitrogens with one attached hydrogen (secondary N) is 1. The number of hydrogen-bond acceptors (Lipinski definition) is 1. The highest BCUT2D eigenvalue weighted by Gasteiger charge is 2.31. The van der Waals surface area contributed by atoms with Crippen LogP contribution in [0.1, 0.15) is 6.92 Å². The van der Waals surface area contributed by atoms with Gasteiger partial charge in [-0.2, -0.15) is 0 Å². The van der Waals surface area contributed by atoms with Gasteiger partial charge in [-0.1, -0.05) is 64.8 Å². The summed E-state index contributed by atoms with van der Waals surface area (Å²) in [6, 6.07) is 30.6. The number of benzene rings is 3. The van der Waals surface area contributed by atoms with E-state index in [1.54, 1.807) is 6.92 Å². The molecule has 8 heteroatoms. The number of rotatable bonds is 4. The number of amides is 1. The number of carbonyl (C=O) groups is 1. The van der Waals surface area contributed by atoms with Crippen molar-refractivity contribution < 1.29 is 22.1 Å². The van der Waals surface area contributed by atoms with Crippen LogP contribution in [0.2, 0.25) is 0 Å². The van der Waals surface area contributed by atoms with Gasteiger partial charge in [-0.25, -0.2) is 0 Å². The molecule has 0 atom stereocenters. The van der Waals surface area contributed by atoms with E-state index in [1.165, 1.54) is 0 Å². The van der Waals surface area contributed by atoms with Gasteiger partial charge in [0.25, 0.3) is 0 Å². The molecule has 0 aliphatic heterocycles. The van der Waals surface area contributed by atoms with E-state index < -0.39 is 17.5 Å². The molecule has 0 bridgehead atoms. The third-order valence-electron chi connectivity index (χ3n) is 3.59. The van der Waals surface area contributed by atoms with Crippen molar-refractivity contribution in [2.45, 2.75) is 21.6 Å². The van der Waals surface area contributed by atoms with Crippen molar-refractivity contribution in [2.24, 2.45) is 0 Å². The zero-order valence-electron chi connectivity index (χ0n) is 15.1. The van der Waals surface area contributed by atoms with E-state index in [1.807, 2.05) is 54.6 Å². The van der Waals surface area contributed by atoms with Gasteiger partial charge in [0.05, 0.1) is 0 Å². The van der Waals surface area contributed by atoms with Gasteiger partial charge in [0, 0.05) is 21.6 Å². The fraction of sp³-hybridized carbons (Fsp3) is 0.0500. The molecule has 3 aromatic carbocycles. The Morgan fingerprint density at radius 1 is 0.679 bits per heavy atom. The highest BCUT2D eigenvalue weighted by molar-refractivity contribution is 8.32. The molecule has 1 amide bonds. The van der Waals surface area contributed by atoms with E-state index >= 15 is 0 Å². The second-order valence-corrected chi connectivity index (χ2v) is 8.55. The van der Waals surface area contributed by atoms with Crippen LogP contribution in [-0.2, 0) is 4.79 Å². The van der Waals surface area contributed by atoms with E-state index in [0.29, 0.717) is 0 Å². The number of hydrogen-bond donors (Lipinski definition) is 1. The van der Waals surface area contributed by atoms with Crippen molar-refractivity contribution in [1.82, 2.24) is 4.72 Å². The van der Waals surface area contributed by atoms with Crippen molar-refractivity contribution in [3.05, 3.63) is 91.0 Å². The van der Waals surface area contributed by atoms with Crippen LogP contribution in [0.25, 0.3) is 0 Å². The molecule has 0 aromatic heterocycles. The number of carbonyl (C=O) groups excluding carboxylic acids is 1. The fourth-order valence-electron chi connectivity index (χ4n) is 2.67. The van der Waals surface area contributed by atoms with E-state index in [0.717, 1.165) is 14.7 Å². The topological polar surface area (TPSA) is 29.1 Å². The highest BCUT2D eigenvalue weighted by Crippen LogP contribution is 2.64. The minimum Gasteiger partial charge on any atom is -0.418 e. The first-order valence-corrected chi connectivity index (χ1v) is 10.0. The van der Waals surface area contributed by atoms with Crippen LogP contribution in [-0.4, -0.2) is 13.2 Å². The van der Waals surface area contributed by atoms with Crippen LogP contribution in [0.15, 0.2) is 106 Å². The maximum absolute atomic E-state index is 12.1. The first-order valence-electron chi connectivity index (χ1n) is 8.38. The third kappa shape index (κ3) is 5.89. The molecular formula is C20H19BF4NOS-. The van der Waals surface area contributed by atoms with Gasteiger partial charge in [0.2, 0.25) is 5.91 Å². The van der Waals surface area contributed by atoms with Gasteiger partial charge in [-0.05, 0) is 36.4 Å². The first-order chi connectivity index (χ1) is 13.2. The minimum absolute atomic E-state index is 0.0310. The van der Waals surface area contributed by atoms with E-state index in [4.69, 9.17) is 0 Å². The summed E-state index contributed by atoms with van der Waals surface area (Å²) in [7, 11) is -7.83. The van der Waals surface area contributed by atoms with Gasteiger partial charge in [0.1, 0.15) is 0 Å². The van der Waals surface area contributed by atoms with Crippen LogP contribution >= 0.6 is 10.2 Å². The zero-order chi connectivity index (χ0) is 20.6. The van der Waals surface area contributed by atoms with Crippen molar-refractivity contribution in [3.63, 3.8) is 0 Å². The normalized spacial score (nSPS) is 11.8. The molecule has 0 saturated carbocycles. The van der Waals surface area contributed by atoms with Crippen LogP contribution < -0.4 is 4.72 Å². The maximum atomic E-state index is 12.1. The quantitative estimate of drug-likeness (QED) is 0.397. The van der Waals surface area contributed by atoms with Gasteiger partial charge >= 0.3 is 7.25 Å². The molecule has 28 heavy (non-hydrogen) atoms. The summed E-state index contributed by atoms with van der Waals surface area (Å²) < 4.78 is 42.3. The fourth-order valence-corrected chi connectivity index (χ4v) is 5.97. The SMILES string of the molecule is CC(=O)NS(c1ccccc1)(c1ccccc1)c1ccccc1.F[B-](F)(F)F. The summed E-state index contributed by atoms with van der Waals surface area (Å²) in [5, 5.41) is 0. The van der Waals surface area contributed by atoms with Gasteiger partial charge in [0.15, 0.2) is 0 Å². The molecule has 2 nitrogen and oxygen atoms in total. The molecule has 0 radical (unpaired) electrons. The lowest BCUT2D eigenvalue weighted by molar-refractivity contribution is -0.117. The summed E-state index contributed by atoms with van der Waals surface area (Å²) in [6.07, 6.45) is 0. The summed E-state index contributed by atoms with van der Waals surface area (Å²) in [6.45, 7) is 1.58. The highest BCUT2D eigenvalue weighted by atomic mass is 32.3. The molecule has 0 spiro atoms. The van der Waals surface area contributed by atoms with E-state index in [9.17, 15) is 22.1 Å². The van der Waals surface area contributed by atoms with Crippen molar-refractivity contribution in [1.29, 1.82) is 0 Å². The Morgan fingerprint density at radius 3 is 1.14 bits per heavy atom. The second kappa shape index (κ2) is 9.46. The Labute approximate surface area is 163 Å². The van der Waals surface area contributed by atoms with Gasteiger partial charge in [-0.3, -0.25) is 4.79 Å². The Balaban J connectivity index is 0.000000500. The Bertz CT molecular complexity index is 774. The summed E-state index contributed by atoms with van der Waals surface area (Å²) >= 11 is 0. The molecule has 1 N–H and O–H groups in total. The van der Waals surface area contributed by atoms with Gasteiger partial charge in [-0.15, -0.1) is 0 Å².